The van der Waals surface area contributed by atoms with Crippen molar-refractivity contribution in [3.05, 3.63) is 0 Å². The summed E-state index contributed by atoms with van der Waals surface area (Å²) in [5.74, 6) is 0.778. The number of likely N-dealkylation sites (tertiary alicyclic amines) is 1. The number of rotatable bonds is 3. The first-order valence-corrected chi connectivity index (χ1v) is 7.19. The number of nitrogens with one attached hydrogen (secondary N) is 2. The maximum Gasteiger partial charge on any atom is 0.276 e. The fraction of sp³-hybridized carbons (Fsp3) is 0.857. The van der Waals surface area contributed by atoms with Crippen LogP contribution >= 0.6 is 0 Å². The molecule has 0 spiro atoms. The molecular formula is C14H24N3O+. The zero-order chi connectivity index (χ0) is 13.0. The Bertz CT molecular complexity index is 341. The van der Waals surface area contributed by atoms with Crippen LogP contribution in [0.5, 0.6) is 0 Å². The van der Waals surface area contributed by atoms with Crippen molar-refractivity contribution in [1.82, 2.24) is 5.32 Å². The van der Waals surface area contributed by atoms with Crippen LogP contribution in [-0.2, 0) is 4.79 Å². The molecule has 18 heavy (non-hydrogen) atoms. The molecule has 1 unspecified atom stereocenters. The summed E-state index contributed by atoms with van der Waals surface area (Å²) in [5, 5.41) is 12.2. The summed E-state index contributed by atoms with van der Waals surface area (Å²) >= 11 is 0. The highest BCUT2D eigenvalue weighted by Gasteiger charge is 2.36. The van der Waals surface area contributed by atoms with E-state index in [4.69, 9.17) is 0 Å². The molecule has 0 aromatic rings. The lowest BCUT2D eigenvalue weighted by Gasteiger charge is -2.29. The fourth-order valence-corrected chi connectivity index (χ4v) is 3.34. The third-order valence-corrected chi connectivity index (χ3v) is 4.32. The van der Waals surface area contributed by atoms with Crippen molar-refractivity contribution in [3.8, 4) is 6.07 Å². The van der Waals surface area contributed by atoms with Gasteiger partial charge in [0.1, 0.15) is 5.54 Å². The van der Waals surface area contributed by atoms with Crippen LogP contribution in [0.15, 0.2) is 0 Å². The number of piperidine rings is 1. The Labute approximate surface area is 109 Å². The molecule has 2 aliphatic rings. The van der Waals surface area contributed by atoms with Crippen molar-refractivity contribution in [3.63, 3.8) is 0 Å². The Hall–Kier alpha value is -1.08. The molecule has 4 heteroatoms. The topological polar surface area (TPSA) is 57.3 Å². The first kappa shape index (κ1) is 13.4. The summed E-state index contributed by atoms with van der Waals surface area (Å²) in [6.45, 7) is 4.98. The maximum absolute atomic E-state index is 12.1. The van der Waals surface area contributed by atoms with Gasteiger partial charge in [-0.25, -0.2) is 0 Å². The minimum atomic E-state index is -0.558. The highest BCUT2D eigenvalue weighted by atomic mass is 16.2. The van der Waals surface area contributed by atoms with Gasteiger partial charge in [-0.2, -0.15) is 5.26 Å². The summed E-state index contributed by atoms with van der Waals surface area (Å²) in [6.07, 6.45) is 6.26. The van der Waals surface area contributed by atoms with E-state index >= 15 is 0 Å². The quantitative estimate of drug-likeness (QED) is 0.754. The number of amides is 1. The van der Waals surface area contributed by atoms with Crippen molar-refractivity contribution in [2.75, 3.05) is 19.6 Å². The zero-order valence-corrected chi connectivity index (χ0v) is 11.3. The fourth-order valence-electron chi connectivity index (χ4n) is 3.34. The molecule has 2 rings (SSSR count). The van der Waals surface area contributed by atoms with Crippen LogP contribution in [0.4, 0.5) is 0 Å². The van der Waals surface area contributed by atoms with E-state index < -0.39 is 5.54 Å². The van der Waals surface area contributed by atoms with Crippen LogP contribution in [0.3, 0.4) is 0 Å². The number of nitrogens with zero attached hydrogens (tertiary/aromatic N) is 1. The van der Waals surface area contributed by atoms with Gasteiger partial charge in [0.05, 0.1) is 19.2 Å². The van der Waals surface area contributed by atoms with E-state index in [0.29, 0.717) is 6.54 Å². The van der Waals surface area contributed by atoms with Crippen molar-refractivity contribution in [1.29, 1.82) is 5.26 Å². The molecule has 1 saturated heterocycles. The first-order chi connectivity index (χ1) is 8.63. The standard InChI is InChI=1S/C14H23N3O/c1-12-5-4-8-17(9-12)10-13(18)16-14(11-15)6-2-3-7-14/h12H,2-10H2,1H3,(H,16,18)/p+1/t12-/m1/s1. The Kier molecular flexibility index (Phi) is 4.23. The van der Waals surface area contributed by atoms with Crippen LogP contribution in [0, 0.1) is 17.2 Å². The molecule has 1 saturated carbocycles. The summed E-state index contributed by atoms with van der Waals surface area (Å²) in [5.41, 5.74) is -0.558. The van der Waals surface area contributed by atoms with Crippen molar-refractivity contribution < 1.29 is 9.69 Å². The minimum Gasteiger partial charge on any atom is -0.333 e. The van der Waals surface area contributed by atoms with Crippen LogP contribution in [0.2, 0.25) is 0 Å². The molecule has 2 fully saturated rings. The van der Waals surface area contributed by atoms with E-state index in [1.807, 2.05) is 0 Å². The third kappa shape index (κ3) is 3.23. The predicted octanol–water partition coefficient (Wildman–Crippen LogP) is 0.254. The lowest BCUT2D eigenvalue weighted by atomic mass is 9.99. The van der Waals surface area contributed by atoms with E-state index in [0.717, 1.165) is 44.7 Å². The molecule has 2 atom stereocenters. The number of nitriles is 1. The van der Waals surface area contributed by atoms with Crippen LogP contribution in [-0.4, -0.2) is 31.1 Å². The normalized spacial score (nSPS) is 30.7. The van der Waals surface area contributed by atoms with Crippen molar-refractivity contribution in [2.24, 2.45) is 5.92 Å². The Morgan fingerprint density at radius 1 is 1.44 bits per heavy atom. The predicted molar refractivity (Wildman–Crippen MR) is 68.9 cm³/mol. The third-order valence-electron chi connectivity index (χ3n) is 4.32. The number of quaternary nitrogens is 1. The van der Waals surface area contributed by atoms with E-state index in [2.05, 4.69) is 18.3 Å². The Balaban J connectivity index is 1.83. The maximum atomic E-state index is 12.1. The number of hydrogen-bond acceptors (Lipinski definition) is 2. The molecule has 0 radical (unpaired) electrons. The average Bonchev–Trinajstić information content (AvgIpc) is 2.78. The molecule has 0 bridgehead atoms. The van der Waals surface area contributed by atoms with Crippen LogP contribution in [0.1, 0.15) is 45.4 Å². The van der Waals surface area contributed by atoms with Gasteiger partial charge in [0.2, 0.25) is 0 Å². The monoisotopic (exact) mass is 250 g/mol. The smallest absolute Gasteiger partial charge is 0.276 e. The zero-order valence-electron chi connectivity index (χ0n) is 11.3. The van der Waals surface area contributed by atoms with Crippen molar-refractivity contribution >= 4 is 5.91 Å². The van der Waals surface area contributed by atoms with Gasteiger partial charge in [0.15, 0.2) is 6.54 Å². The van der Waals surface area contributed by atoms with Crippen molar-refractivity contribution in [2.45, 2.75) is 51.0 Å². The van der Waals surface area contributed by atoms with Gasteiger partial charge >= 0.3 is 0 Å². The molecule has 100 valence electrons. The highest BCUT2D eigenvalue weighted by molar-refractivity contribution is 5.78. The van der Waals surface area contributed by atoms with E-state index in [1.165, 1.54) is 17.7 Å². The molecule has 0 aromatic carbocycles. The molecule has 4 nitrogen and oxygen atoms in total. The molecule has 0 aromatic heterocycles. The lowest BCUT2D eigenvalue weighted by molar-refractivity contribution is -0.900. The van der Waals surface area contributed by atoms with Gasteiger partial charge in [-0.15, -0.1) is 0 Å². The number of hydrogen-bond donors (Lipinski definition) is 2. The van der Waals surface area contributed by atoms with Gasteiger partial charge in [0.25, 0.3) is 5.91 Å². The summed E-state index contributed by atoms with van der Waals surface area (Å²) in [4.78, 5) is 13.4. The van der Waals surface area contributed by atoms with Crippen LogP contribution in [0.25, 0.3) is 0 Å². The van der Waals surface area contributed by atoms with Crippen LogP contribution < -0.4 is 10.2 Å². The summed E-state index contributed by atoms with van der Waals surface area (Å²) < 4.78 is 0. The lowest BCUT2D eigenvalue weighted by Crippen LogP contribution is -3.14. The van der Waals surface area contributed by atoms with Gasteiger partial charge < -0.3 is 10.2 Å². The summed E-state index contributed by atoms with van der Waals surface area (Å²) in [7, 11) is 0. The largest absolute Gasteiger partial charge is 0.333 e. The molecule has 1 aliphatic carbocycles. The molecule has 2 N–H and O–H groups in total. The van der Waals surface area contributed by atoms with Gasteiger partial charge in [0, 0.05) is 5.92 Å². The van der Waals surface area contributed by atoms with E-state index in [-0.39, 0.29) is 5.91 Å². The second-order valence-electron chi connectivity index (χ2n) is 6.08. The molecular weight excluding hydrogens is 226 g/mol. The van der Waals surface area contributed by atoms with Gasteiger partial charge in [-0.3, -0.25) is 4.79 Å². The molecule has 1 aliphatic heterocycles. The van der Waals surface area contributed by atoms with E-state index in [9.17, 15) is 10.1 Å². The summed E-state index contributed by atoms with van der Waals surface area (Å²) in [6, 6.07) is 2.31. The Morgan fingerprint density at radius 3 is 2.78 bits per heavy atom. The second kappa shape index (κ2) is 5.71. The van der Waals surface area contributed by atoms with E-state index in [1.54, 1.807) is 0 Å². The highest BCUT2D eigenvalue weighted by Crippen LogP contribution is 2.28. The average molecular weight is 250 g/mol. The SMILES string of the molecule is C[C@@H]1CCC[NH+](CC(=O)NC2(C#N)CCCC2)C1. The minimum absolute atomic E-state index is 0.0579. The Morgan fingerprint density at radius 2 is 2.17 bits per heavy atom. The molecule has 1 heterocycles. The first-order valence-electron chi connectivity index (χ1n) is 7.19. The van der Waals surface area contributed by atoms with Gasteiger partial charge in [-0.05, 0) is 38.5 Å². The number of carbonyl (C=O) groups excluding carboxylic acids is 1. The molecule has 1 amide bonds. The number of carbonyl (C=O) groups is 1. The second-order valence-corrected chi connectivity index (χ2v) is 6.08. The van der Waals surface area contributed by atoms with Gasteiger partial charge in [-0.1, -0.05) is 6.92 Å².